The summed E-state index contributed by atoms with van der Waals surface area (Å²) in [4.78, 5) is 19.0. The summed E-state index contributed by atoms with van der Waals surface area (Å²) in [5.74, 6) is -0.609. The van der Waals surface area contributed by atoms with E-state index in [1.54, 1.807) is 42.5 Å². The molecule has 0 bridgehead atoms. The molecule has 8 heteroatoms. The van der Waals surface area contributed by atoms with Gasteiger partial charge in [-0.25, -0.2) is 4.79 Å². The average Bonchev–Trinajstić information content (AvgIpc) is 3.65. The van der Waals surface area contributed by atoms with Gasteiger partial charge in [-0.15, -0.1) is 5.10 Å². The summed E-state index contributed by atoms with van der Waals surface area (Å²) in [5.41, 5.74) is 2.84. The highest BCUT2D eigenvalue weighted by molar-refractivity contribution is 5.90. The molecule has 0 spiro atoms. The van der Waals surface area contributed by atoms with Gasteiger partial charge >= 0.3 is 5.97 Å². The number of carbonyl (C=O) groups excluding carboxylic acids is 1. The normalized spacial score (nSPS) is 17.7. The Morgan fingerprint density at radius 3 is 2.66 bits per heavy atom. The van der Waals surface area contributed by atoms with Crippen molar-refractivity contribution in [1.29, 1.82) is 0 Å². The molecule has 2 aromatic heterocycles. The zero-order valence-corrected chi connectivity index (χ0v) is 17.9. The number of hydrogen-bond donors (Lipinski definition) is 0. The molecule has 0 fully saturated rings. The van der Waals surface area contributed by atoms with Gasteiger partial charge in [0.2, 0.25) is 0 Å². The van der Waals surface area contributed by atoms with Crippen LogP contribution in [0.5, 0.6) is 5.75 Å². The maximum absolute atomic E-state index is 12.6. The summed E-state index contributed by atoms with van der Waals surface area (Å²) in [5, 5.41) is 11.8. The van der Waals surface area contributed by atoms with Gasteiger partial charge in [-0.2, -0.15) is 0 Å². The number of aromatic nitrogens is 4. The van der Waals surface area contributed by atoms with Gasteiger partial charge in [-0.1, -0.05) is 53.9 Å². The molecule has 0 saturated carbocycles. The predicted molar refractivity (Wildman–Crippen MR) is 131 cm³/mol. The van der Waals surface area contributed by atoms with Crippen LogP contribution in [0.4, 0.5) is 0 Å². The maximum atomic E-state index is 12.6. The lowest BCUT2D eigenvalue weighted by Crippen LogP contribution is -2.20. The van der Waals surface area contributed by atoms with Gasteiger partial charge in [-0.3, -0.25) is 0 Å². The monoisotopic (exact) mass is 479 g/mol. The second kappa shape index (κ2) is 10.2. The van der Waals surface area contributed by atoms with Gasteiger partial charge in [0.05, 0.1) is 14.9 Å². The lowest BCUT2D eigenvalue weighted by molar-refractivity contribution is 0.0409. The van der Waals surface area contributed by atoms with Crippen molar-refractivity contribution >= 4 is 17.0 Å². The van der Waals surface area contributed by atoms with Crippen LogP contribution < -0.4 is 9.57 Å². The summed E-state index contributed by atoms with van der Waals surface area (Å²) >= 11 is 0. The molecule has 3 aromatic carbocycles. The average molecular weight is 480 g/mol. The molecule has 0 aliphatic carbocycles. The first-order valence-corrected chi connectivity index (χ1v) is 10.3. The molecule has 5 aromatic rings. The number of benzene rings is 3. The number of ether oxygens (including phenoxy) is 1. The summed E-state index contributed by atoms with van der Waals surface area (Å²) in [7, 11) is 0. The summed E-state index contributed by atoms with van der Waals surface area (Å²) in [6.45, 7) is -7.07. The van der Waals surface area contributed by atoms with Crippen molar-refractivity contribution in [2.24, 2.45) is 0 Å². The lowest BCUT2D eigenvalue weighted by atomic mass is 10.1. The van der Waals surface area contributed by atoms with Crippen LogP contribution in [0, 0.1) is 0 Å². The SMILES string of the molecule is [2H]C([2H])([2H])C([2H])([2H])C([2H])([2H])C([2H])([2H])C([2H])([2H])Oc1ccc(-c2cc(-c3ccc(C(=O)On4nnc5ccccc54)cc3)no2)cc1. The van der Waals surface area contributed by atoms with E-state index in [1.165, 1.54) is 36.4 Å². The second-order valence-corrected chi connectivity index (χ2v) is 7.09. The van der Waals surface area contributed by atoms with Gasteiger partial charge in [0.25, 0.3) is 0 Å². The Morgan fingerprint density at radius 2 is 1.83 bits per heavy atom. The second-order valence-electron chi connectivity index (χ2n) is 7.09. The molecular formula is C27H24N4O4. The molecule has 176 valence electrons. The Hall–Kier alpha value is -4.46. The minimum Gasteiger partial charge on any atom is -0.494 e. The van der Waals surface area contributed by atoms with Gasteiger partial charge in [0.1, 0.15) is 22.5 Å². The molecule has 0 radical (unpaired) electrons. The van der Waals surface area contributed by atoms with E-state index in [2.05, 4.69) is 15.5 Å². The highest BCUT2D eigenvalue weighted by Crippen LogP contribution is 2.27. The van der Waals surface area contributed by atoms with Crippen LogP contribution in [-0.4, -0.2) is 32.8 Å². The Morgan fingerprint density at radius 1 is 1.03 bits per heavy atom. The zero-order chi connectivity index (χ0) is 33.7. The largest absolute Gasteiger partial charge is 0.494 e. The van der Waals surface area contributed by atoms with Gasteiger partial charge in [0, 0.05) is 29.5 Å². The number of nitrogens with zero attached hydrogens (tertiary/aromatic N) is 4. The molecule has 0 aliphatic rings. The van der Waals surface area contributed by atoms with Crippen LogP contribution in [0.2, 0.25) is 0 Å². The van der Waals surface area contributed by atoms with Gasteiger partial charge in [0.15, 0.2) is 5.76 Å². The Kier molecular flexibility index (Phi) is 3.75. The molecule has 8 nitrogen and oxygen atoms in total. The van der Waals surface area contributed by atoms with Crippen molar-refractivity contribution in [3.8, 4) is 28.3 Å². The molecule has 0 atom stereocenters. The zero-order valence-electron chi connectivity index (χ0n) is 28.9. The number of para-hydroxylation sites is 1. The number of fused-ring (bicyclic) bond motifs is 1. The third kappa shape index (κ3) is 5.06. The standard InChI is InChI=1S/C27H24N4O4/c1-2-3-6-17-33-22-15-13-20(14-16-22)26-18-24(29-34-26)19-9-11-21(12-10-19)27(32)35-31-25-8-5-4-7-23(25)28-30-31/h4-5,7-16,18H,2-3,6,17H2,1H3/i1D3,2D2,3D2,6D2,17D2. The summed E-state index contributed by atoms with van der Waals surface area (Å²) in [6, 6.07) is 20.3. The van der Waals surface area contributed by atoms with Crippen LogP contribution in [-0.2, 0) is 0 Å². The highest BCUT2D eigenvalue weighted by atomic mass is 16.7. The quantitative estimate of drug-likeness (QED) is 0.254. The fourth-order valence-electron chi connectivity index (χ4n) is 3.20. The van der Waals surface area contributed by atoms with E-state index in [0.717, 1.165) is 4.85 Å². The van der Waals surface area contributed by atoms with E-state index < -0.39 is 38.5 Å². The van der Waals surface area contributed by atoms with E-state index in [1.807, 2.05) is 0 Å². The van der Waals surface area contributed by atoms with Crippen molar-refractivity contribution in [1.82, 2.24) is 20.3 Å². The molecule has 5 rings (SSSR count). The van der Waals surface area contributed by atoms with Crippen LogP contribution >= 0.6 is 0 Å². The molecule has 0 saturated heterocycles. The van der Waals surface area contributed by atoms with Gasteiger partial charge in [-0.05, 0) is 60.1 Å². The Balaban J connectivity index is 1.27. The van der Waals surface area contributed by atoms with E-state index in [9.17, 15) is 4.79 Å². The van der Waals surface area contributed by atoms with Crippen LogP contribution in [0.3, 0.4) is 0 Å². The van der Waals surface area contributed by atoms with Crippen molar-refractivity contribution in [3.63, 3.8) is 0 Å². The molecule has 0 aliphatic heterocycles. The maximum Gasteiger partial charge on any atom is 0.365 e. The van der Waals surface area contributed by atoms with Crippen molar-refractivity contribution in [2.75, 3.05) is 6.56 Å². The van der Waals surface area contributed by atoms with E-state index in [4.69, 9.17) is 29.2 Å². The fraction of sp³-hybridized carbons (Fsp3) is 0.185. The molecule has 0 N–H and O–H groups in total. The van der Waals surface area contributed by atoms with E-state index >= 15 is 0 Å². The van der Waals surface area contributed by atoms with Crippen molar-refractivity contribution in [2.45, 2.75) is 26.0 Å². The van der Waals surface area contributed by atoms with E-state index in [-0.39, 0.29) is 11.3 Å². The smallest absolute Gasteiger partial charge is 0.365 e. The Bertz CT molecular complexity index is 1870. The third-order valence-corrected chi connectivity index (χ3v) is 4.90. The highest BCUT2D eigenvalue weighted by Gasteiger charge is 2.14. The van der Waals surface area contributed by atoms with Crippen LogP contribution in [0.15, 0.2) is 83.4 Å². The summed E-state index contributed by atoms with van der Waals surface area (Å²) in [6.07, 6.45) is -11.3. The van der Waals surface area contributed by atoms with Crippen molar-refractivity contribution in [3.05, 3.63) is 84.4 Å². The van der Waals surface area contributed by atoms with Crippen LogP contribution in [0.1, 0.15) is 51.4 Å². The molecule has 0 unspecified atom stereocenters. The first-order valence-electron chi connectivity index (χ1n) is 15.8. The minimum absolute atomic E-state index is 0.245. The topological polar surface area (TPSA) is 92.3 Å². The third-order valence-electron chi connectivity index (χ3n) is 4.90. The fourth-order valence-corrected chi connectivity index (χ4v) is 3.20. The molecule has 2 heterocycles. The predicted octanol–water partition coefficient (Wildman–Crippen LogP) is 5.59. The summed E-state index contributed by atoms with van der Waals surface area (Å²) < 4.78 is 95.8. The van der Waals surface area contributed by atoms with Gasteiger partial charge < -0.3 is 14.1 Å². The molecule has 0 amide bonds. The molecule has 35 heavy (non-hydrogen) atoms. The van der Waals surface area contributed by atoms with E-state index in [0.29, 0.717) is 33.6 Å². The first kappa shape index (κ1) is 12.9. The lowest BCUT2D eigenvalue weighted by Gasteiger charge is -2.05. The number of carbonyl (C=O) groups is 1. The van der Waals surface area contributed by atoms with Crippen LogP contribution in [0.25, 0.3) is 33.6 Å². The minimum atomic E-state index is -3.82. The first-order chi connectivity index (χ1) is 21.4. The molecular weight excluding hydrogens is 444 g/mol. The Labute approximate surface area is 217 Å². The van der Waals surface area contributed by atoms with Crippen molar-refractivity contribution < 1.29 is 34.0 Å². The number of hydrogen-bond acceptors (Lipinski definition) is 7. The number of rotatable bonds is 9.